The van der Waals surface area contributed by atoms with Crippen LogP contribution in [0.25, 0.3) is 6.08 Å². The first-order valence-corrected chi connectivity index (χ1v) is 12.0. The van der Waals surface area contributed by atoms with Gasteiger partial charge in [0, 0.05) is 48.5 Å². The molecule has 6 nitrogen and oxygen atoms in total. The second-order valence-corrected chi connectivity index (χ2v) is 9.00. The lowest BCUT2D eigenvalue weighted by atomic mass is 10.1. The Morgan fingerprint density at radius 3 is 2.65 bits per heavy atom. The molecule has 7 heteroatoms. The van der Waals surface area contributed by atoms with E-state index in [2.05, 4.69) is 27.4 Å². The molecule has 0 aliphatic carbocycles. The molecule has 0 saturated carbocycles. The average Bonchev–Trinajstić information content (AvgIpc) is 3.11. The Hall–Kier alpha value is -2.93. The fraction of sp³-hybridized carbons (Fsp3) is 0.333. The number of carbonyl (C=O) groups is 1. The maximum Gasteiger partial charge on any atom is 0.244 e. The number of hydrogen-bond acceptors (Lipinski definition) is 4. The van der Waals surface area contributed by atoms with Crippen molar-refractivity contribution >= 4 is 23.6 Å². The van der Waals surface area contributed by atoms with E-state index in [1.54, 1.807) is 6.08 Å². The quantitative estimate of drug-likeness (QED) is 0.488. The Kier molecular flexibility index (Phi) is 8.16. The van der Waals surface area contributed by atoms with E-state index in [4.69, 9.17) is 16.3 Å². The molecule has 34 heavy (non-hydrogen) atoms. The van der Waals surface area contributed by atoms with Crippen molar-refractivity contribution < 1.29 is 9.53 Å². The lowest BCUT2D eigenvalue weighted by molar-refractivity contribution is -0.116. The molecule has 2 heterocycles. The molecule has 1 saturated heterocycles. The van der Waals surface area contributed by atoms with E-state index in [-0.39, 0.29) is 5.91 Å². The average molecular weight is 479 g/mol. The van der Waals surface area contributed by atoms with E-state index in [9.17, 15) is 4.79 Å². The van der Waals surface area contributed by atoms with Crippen molar-refractivity contribution in [1.82, 2.24) is 20.0 Å². The lowest BCUT2D eigenvalue weighted by Gasteiger charge is -2.26. The summed E-state index contributed by atoms with van der Waals surface area (Å²) in [5.74, 6) is -0.128. The number of nitrogens with one attached hydrogen (secondary N) is 1. The van der Waals surface area contributed by atoms with Gasteiger partial charge in [-0.25, -0.2) is 0 Å². The molecule has 178 valence electrons. The third-order valence-electron chi connectivity index (χ3n) is 6.08. The van der Waals surface area contributed by atoms with Crippen molar-refractivity contribution in [2.24, 2.45) is 0 Å². The van der Waals surface area contributed by atoms with E-state index in [0.29, 0.717) is 13.1 Å². The van der Waals surface area contributed by atoms with Crippen LogP contribution in [0.15, 0.2) is 54.6 Å². The largest absolute Gasteiger partial charge is 0.379 e. The van der Waals surface area contributed by atoms with Gasteiger partial charge in [-0.1, -0.05) is 54.1 Å². The number of rotatable bonds is 8. The van der Waals surface area contributed by atoms with Gasteiger partial charge in [-0.2, -0.15) is 5.10 Å². The third kappa shape index (κ3) is 6.35. The predicted octanol–water partition coefficient (Wildman–Crippen LogP) is 4.36. The van der Waals surface area contributed by atoms with Gasteiger partial charge in [-0.05, 0) is 42.7 Å². The highest BCUT2D eigenvalue weighted by Crippen LogP contribution is 2.20. The summed E-state index contributed by atoms with van der Waals surface area (Å²) in [6, 6.07) is 16.1. The van der Waals surface area contributed by atoms with Crippen LogP contribution < -0.4 is 5.32 Å². The van der Waals surface area contributed by atoms with Crippen molar-refractivity contribution in [2.75, 3.05) is 26.3 Å². The van der Waals surface area contributed by atoms with Gasteiger partial charge in [-0.15, -0.1) is 0 Å². The van der Waals surface area contributed by atoms with Gasteiger partial charge >= 0.3 is 0 Å². The van der Waals surface area contributed by atoms with Crippen LogP contribution in [0.1, 0.15) is 33.6 Å². The predicted molar refractivity (Wildman–Crippen MR) is 136 cm³/mol. The zero-order valence-corrected chi connectivity index (χ0v) is 20.5. The summed E-state index contributed by atoms with van der Waals surface area (Å²) in [4.78, 5) is 14.9. The van der Waals surface area contributed by atoms with Crippen LogP contribution in [0.3, 0.4) is 0 Å². The van der Waals surface area contributed by atoms with Crippen LogP contribution in [0, 0.1) is 13.8 Å². The van der Waals surface area contributed by atoms with Crippen molar-refractivity contribution in [1.29, 1.82) is 0 Å². The summed E-state index contributed by atoms with van der Waals surface area (Å²) in [7, 11) is 0. The number of benzene rings is 2. The van der Waals surface area contributed by atoms with Gasteiger partial charge in [0.05, 0.1) is 25.5 Å². The number of ether oxygens (including phenoxy) is 1. The summed E-state index contributed by atoms with van der Waals surface area (Å²) < 4.78 is 7.35. The molecular formula is C27H31ClN4O2. The topological polar surface area (TPSA) is 59.4 Å². The van der Waals surface area contributed by atoms with E-state index in [1.165, 1.54) is 5.56 Å². The second kappa shape index (κ2) is 11.5. The molecule has 1 fully saturated rings. The third-order valence-corrected chi connectivity index (χ3v) is 6.45. The smallest absolute Gasteiger partial charge is 0.244 e. The molecule has 1 aliphatic rings. The van der Waals surface area contributed by atoms with Crippen molar-refractivity contribution in [3.8, 4) is 0 Å². The monoisotopic (exact) mass is 478 g/mol. The van der Waals surface area contributed by atoms with Gasteiger partial charge < -0.3 is 10.1 Å². The molecule has 1 N–H and O–H groups in total. The zero-order chi connectivity index (χ0) is 23.9. The highest BCUT2D eigenvalue weighted by atomic mass is 35.5. The first kappa shape index (κ1) is 24.2. The van der Waals surface area contributed by atoms with Crippen LogP contribution >= 0.6 is 11.6 Å². The van der Waals surface area contributed by atoms with Crippen LogP contribution in [-0.4, -0.2) is 46.9 Å². The van der Waals surface area contributed by atoms with Crippen molar-refractivity contribution in [2.45, 2.75) is 33.5 Å². The molecule has 0 bridgehead atoms. The summed E-state index contributed by atoms with van der Waals surface area (Å²) in [5.41, 5.74) is 6.18. The molecule has 0 radical (unpaired) electrons. The second-order valence-electron chi connectivity index (χ2n) is 8.59. The molecular weight excluding hydrogens is 448 g/mol. The summed E-state index contributed by atoms with van der Waals surface area (Å²) in [6.07, 6.45) is 3.42. The number of halogens is 1. The molecule has 3 aromatic rings. The summed E-state index contributed by atoms with van der Waals surface area (Å²) in [6.45, 7) is 9.44. The standard InChI is InChI=1S/C27H31ClN4O2/c1-20-25(21(2)32(30-20)19-24-8-3-4-9-26(24)28)10-11-27(33)29-17-22-6-5-7-23(16-22)18-31-12-14-34-15-13-31/h3-11,16H,12-15,17-19H2,1-2H3,(H,29,33). The molecule has 0 atom stereocenters. The number of morpholine rings is 1. The maximum absolute atomic E-state index is 12.5. The zero-order valence-electron chi connectivity index (χ0n) is 19.8. The van der Waals surface area contributed by atoms with Crippen molar-refractivity contribution in [3.05, 3.63) is 93.3 Å². The van der Waals surface area contributed by atoms with Gasteiger partial charge in [0.25, 0.3) is 0 Å². The molecule has 0 unspecified atom stereocenters. The fourth-order valence-corrected chi connectivity index (χ4v) is 4.35. The van der Waals surface area contributed by atoms with E-state index in [1.807, 2.05) is 61.0 Å². The fourth-order valence-electron chi connectivity index (χ4n) is 4.16. The highest BCUT2D eigenvalue weighted by Gasteiger charge is 2.12. The Labute approximate surface area is 206 Å². The highest BCUT2D eigenvalue weighted by molar-refractivity contribution is 6.31. The first-order valence-electron chi connectivity index (χ1n) is 11.6. The minimum atomic E-state index is -0.128. The Morgan fingerprint density at radius 2 is 1.85 bits per heavy atom. The van der Waals surface area contributed by atoms with Gasteiger partial charge in [0.15, 0.2) is 0 Å². The van der Waals surface area contributed by atoms with Crippen LogP contribution in [0.4, 0.5) is 0 Å². The molecule has 1 amide bonds. The number of nitrogens with zero attached hydrogens (tertiary/aromatic N) is 3. The van der Waals surface area contributed by atoms with Crippen LogP contribution in [0.2, 0.25) is 5.02 Å². The number of aryl methyl sites for hydroxylation is 1. The van der Waals surface area contributed by atoms with Gasteiger partial charge in [-0.3, -0.25) is 14.4 Å². The van der Waals surface area contributed by atoms with Crippen LogP contribution in [-0.2, 0) is 29.2 Å². The Morgan fingerprint density at radius 1 is 1.09 bits per heavy atom. The molecule has 4 rings (SSSR count). The number of carbonyl (C=O) groups excluding carboxylic acids is 1. The Balaban J connectivity index is 1.34. The normalized spacial score (nSPS) is 14.6. The van der Waals surface area contributed by atoms with Crippen molar-refractivity contribution in [3.63, 3.8) is 0 Å². The van der Waals surface area contributed by atoms with Gasteiger partial charge in [0.2, 0.25) is 5.91 Å². The molecule has 1 aliphatic heterocycles. The minimum absolute atomic E-state index is 0.128. The summed E-state index contributed by atoms with van der Waals surface area (Å²) in [5, 5.41) is 8.35. The number of hydrogen-bond donors (Lipinski definition) is 1. The number of amides is 1. The Bertz CT molecular complexity index is 1170. The minimum Gasteiger partial charge on any atom is -0.379 e. The molecule has 2 aromatic carbocycles. The maximum atomic E-state index is 12.5. The lowest BCUT2D eigenvalue weighted by Crippen LogP contribution is -2.35. The first-order chi connectivity index (χ1) is 16.5. The van der Waals surface area contributed by atoms with E-state index >= 15 is 0 Å². The van der Waals surface area contributed by atoms with E-state index < -0.39 is 0 Å². The molecule has 0 spiro atoms. The summed E-state index contributed by atoms with van der Waals surface area (Å²) >= 11 is 6.30. The van der Waals surface area contributed by atoms with Gasteiger partial charge in [0.1, 0.15) is 0 Å². The van der Waals surface area contributed by atoms with Crippen LogP contribution in [0.5, 0.6) is 0 Å². The number of aromatic nitrogens is 2. The molecule has 1 aromatic heterocycles. The van der Waals surface area contributed by atoms with E-state index in [0.717, 1.165) is 65.9 Å². The SMILES string of the molecule is Cc1nn(Cc2ccccc2Cl)c(C)c1C=CC(=O)NCc1cccc(CN2CCOCC2)c1.